The predicted molar refractivity (Wildman–Crippen MR) is 107 cm³/mol. The fraction of sp³-hybridized carbons (Fsp3) is 0.421. The summed E-state index contributed by atoms with van der Waals surface area (Å²) in [5, 5.41) is 0.972. The van der Waals surface area contributed by atoms with Crippen LogP contribution < -0.4 is 10.5 Å². The van der Waals surface area contributed by atoms with Crippen molar-refractivity contribution in [2.75, 3.05) is 18.0 Å². The first-order chi connectivity index (χ1) is 11.9. The molecule has 0 atom stereocenters. The van der Waals surface area contributed by atoms with Crippen LogP contribution in [0.3, 0.4) is 0 Å². The van der Waals surface area contributed by atoms with E-state index in [9.17, 15) is 4.79 Å². The molecule has 1 aliphatic heterocycles. The van der Waals surface area contributed by atoms with Gasteiger partial charge in [-0.15, -0.1) is 0 Å². The third-order valence-electron chi connectivity index (χ3n) is 5.16. The van der Waals surface area contributed by atoms with Gasteiger partial charge in [-0.2, -0.15) is 0 Å². The van der Waals surface area contributed by atoms with Gasteiger partial charge in [0.05, 0.1) is 14.9 Å². The van der Waals surface area contributed by atoms with Crippen LogP contribution in [0, 0.1) is 5.41 Å². The van der Waals surface area contributed by atoms with Gasteiger partial charge in [0.1, 0.15) is 5.82 Å². The summed E-state index contributed by atoms with van der Waals surface area (Å²) in [6, 6.07) is 9.28. The van der Waals surface area contributed by atoms with Crippen molar-refractivity contribution < 1.29 is 0 Å². The topological polar surface area (TPSA) is 36.1 Å². The van der Waals surface area contributed by atoms with Crippen LogP contribution in [0.15, 0.2) is 44.9 Å². The molecule has 0 bridgehead atoms. The Labute approximate surface area is 162 Å². The maximum Gasteiger partial charge on any atom is 0.263 e. The Hall–Kier alpha value is -1.10. The van der Waals surface area contributed by atoms with E-state index < -0.39 is 0 Å². The lowest BCUT2D eigenvalue weighted by atomic mass is 9.78. The minimum Gasteiger partial charge on any atom is -0.358 e. The highest BCUT2D eigenvalue weighted by Crippen LogP contribution is 2.37. The number of nitrogens with one attached hydrogen (secondary N) is 1. The van der Waals surface area contributed by atoms with E-state index in [0.29, 0.717) is 20.4 Å². The Kier molecular flexibility index (Phi) is 5.71. The molecule has 25 heavy (non-hydrogen) atoms. The zero-order valence-electron chi connectivity index (χ0n) is 14.4. The first-order valence-corrected chi connectivity index (χ1v) is 10.1. The molecule has 1 aliphatic rings. The van der Waals surface area contributed by atoms with Gasteiger partial charge in [-0.3, -0.25) is 4.79 Å². The molecule has 2 aromatic rings. The number of aromatic amines is 1. The number of rotatable bonds is 4. The third-order valence-corrected chi connectivity index (χ3v) is 7.19. The van der Waals surface area contributed by atoms with Gasteiger partial charge >= 0.3 is 0 Å². The number of hydrogen-bond donors (Lipinski definition) is 1. The van der Waals surface area contributed by atoms with Crippen molar-refractivity contribution in [3.8, 4) is 0 Å². The number of pyridine rings is 1. The predicted octanol–water partition coefficient (Wildman–Crippen LogP) is 5.85. The Morgan fingerprint density at radius 2 is 1.88 bits per heavy atom. The van der Waals surface area contributed by atoms with Gasteiger partial charge in [0.2, 0.25) is 0 Å². The molecule has 3 nitrogen and oxygen atoms in total. The number of H-pyrrole nitrogens is 1. The molecule has 0 amide bonds. The van der Waals surface area contributed by atoms with Crippen LogP contribution >= 0.6 is 35.0 Å². The van der Waals surface area contributed by atoms with Gasteiger partial charge in [-0.25, -0.2) is 0 Å². The van der Waals surface area contributed by atoms with Crippen LogP contribution in [0.25, 0.3) is 0 Å². The number of piperidine rings is 1. The van der Waals surface area contributed by atoms with Gasteiger partial charge < -0.3 is 9.88 Å². The summed E-state index contributed by atoms with van der Waals surface area (Å²) in [5.41, 5.74) is 0.331. The van der Waals surface area contributed by atoms with Crippen LogP contribution in [0.1, 0.15) is 33.1 Å². The molecule has 1 N–H and O–H groups in total. The molecule has 0 saturated carbocycles. The van der Waals surface area contributed by atoms with E-state index >= 15 is 0 Å². The summed E-state index contributed by atoms with van der Waals surface area (Å²) < 4.78 is 0. The summed E-state index contributed by atoms with van der Waals surface area (Å²) in [5.74, 6) is 0.893. The molecule has 0 spiro atoms. The maximum atomic E-state index is 12.5. The fourth-order valence-electron chi connectivity index (χ4n) is 3.04. The molecule has 0 radical (unpaired) electrons. The standard InChI is InChI=1S/C19H22Cl2N2OS/c1-3-19(2)9-11-23(12-10-19)16-8-7-15(18(24)22-16)25-14-6-4-5-13(20)17(14)21/h4-8H,3,9-12H2,1-2H3,(H,22,24). The number of anilines is 1. The van der Waals surface area contributed by atoms with E-state index in [1.165, 1.54) is 18.2 Å². The average Bonchev–Trinajstić information content (AvgIpc) is 2.61. The Morgan fingerprint density at radius 1 is 1.16 bits per heavy atom. The van der Waals surface area contributed by atoms with Gasteiger partial charge in [-0.05, 0) is 42.5 Å². The molecule has 3 rings (SSSR count). The lowest BCUT2D eigenvalue weighted by Crippen LogP contribution is -2.39. The van der Waals surface area contributed by atoms with Gasteiger partial charge in [0.15, 0.2) is 0 Å². The quantitative estimate of drug-likeness (QED) is 0.703. The van der Waals surface area contributed by atoms with Crippen LogP contribution in [-0.4, -0.2) is 18.1 Å². The molecular formula is C19H22Cl2N2OS. The molecule has 0 aliphatic carbocycles. The minimum absolute atomic E-state index is 0.0950. The molecular weight excluding hydrogens is 375 g/mol. The van der Waals surface area contributed by atoms with Gasteiger partial charge in [0.25, 0.3) is 5.56 Å². The SMILES string of the molecule is CCC1(C)CCN(c2ccc(Sc3cccc(Cl)c3Cl)c(=O)[nH]2)CC1. The zero-order chi connectivity index (χ0) is 18.0. The third kappa shape index (κ3) is 4.18. The molecule has 0 unspecified atom stereocenters. The number of benzene rings is 1. The Bertz CT molecular complexity index is 813. The largest absolute Gasteiger partial charge is 0.358 e. The van der Waals surface area contributed by atoms with Crippen molar-refractivity contribution in [3.63, 3.8) is 0 Å². The molecule has 1 aromatic carbocycles. The average molecular weight is 397 g/mol. The molecule has 1 fully saturated rings. The van der Waals surface area contributed by atoms with E-state index in [0.717, 1.165) is 36.6 Å². The second-order valence-corrected chi connectivity index (χ2v) is 8.71. The number of aromatic nitrogens is 1. The second-order valence-electron chi connectivity index (χ2n) is 6.84. The van der Waals surface area contributed by atoms with E-state index in [1.54, 1.807) is 6.07 Å². The van der Waals surface area contributed by atoms with Crippen LogP contribution in [0.4, 0.5) is 5.82 Å². The van der Waals surface area contributed by atoms with Crippen molar-refractivity contribution in [2.45, 2.75) is 42.9 Å². The molecule has 1 aromatic heterocycles. The van der Waals surface area contributed by atoms with Gasteiger partial charge in [-0.1, -0.05) is 61.3 Å². The smallest absolute Gasteiger partial charge is 0.263 e. The van der Waals surface area contributed by atoms with Gasteiger partial charge in [0, 0.05) is 18.0 Å². The Morgan fingerprint density at radius 3 is 2.52 bits per heavy atom. The van der Waals surface area contributed by atoms with Crippen LogP contribution in [-0.2, 0) is 0 Å². The highest BCUT2D eigenvalue weighted by Gasteiger charge is 2.28. The van der Waals surface area contributed by atoms with E-state index in [-0.39, 0.29) is 5.56 Å². The lowest BCUT2D eigenvalue weighted by molar-refractivity contribution is 0.237. The molecule has 1 saturated heterocycles. The molecule has 6 heteroatoms. The lowest BCUT2D eigenvalue weighted by Gasteiger charge is -2.39. The van der Waals surface area contributed by atoms with Crippen molar-refractivity contribution in [1.82, 2.24) is 4.98 Å². The highest BCUT2D eigenvalue weighted by atomic mass is 35.5. The Balaban J connectivity index is 1.76. The number of hydrogen-bond acceptors (Lipinski definition) is 3. The summed E-state index contributed by atoms with van der Waals surface area (Å²) >= 11 is 13.6. The van der Waals surface area contributed by atoms with E-state index in [2.05, 4.69) is 23.7 Å². The van der Waals surface area contributed by atoms with E-state index in [1.807, 2.05) is 24.3 Å². The van der Waals surface area contributed by atoms with Crippen molar-refractivity contribution in [2.24, 2.45) is 5.41 Å². The molecule has 2 heterocycles. The minimum atomic E-state index is -0.0950. The number of nitrogens with zero attached hydrogens (tertiary/aromatic N) is 1. The second kappa shape index (κ2) is 7.65. The number of halogens is 2. The first kappa shape index (κ1) is 18.7. The van der Waals surface area contributed by atoms with Crippen molar-refractivity contribution in [3.05, 3.63) is 50.7 Å². The van der Waals surface area contributed by atoms with E-state index in [4.69, 9.17) is 23.2 Å². The monoisotopic (exact) mass is 396 g/mol. The normalized spacial score (nSPS) is 16.9. The summed E-state index contributed by atoms with van der Waals surface area (Å²) in [6.07, 6.45) is 3.51. The van der Waals surface area contributed by atoms with Crippen molar-refractivity contribution >= 4 is 40.8 Å². The van der Waals surface area contributed by atoms with Crippen LogP contribution in [0.2, 0.25) is 10.0 Å². The molecule has 134 valence electrons. The fourth-order valence-corrected chi connectivity index (χ4v) is 4.37. The van der Waals surface area contributed by atoms with Crippen molar-refractivity contribution in [1.29, 1.82) is 0 Å². The maximum absolute atomic E-state index is 12.5. The highest BCUT2D eigenvalue weighted by molar-refractivity contribution is 7.99. The summed E-state index contributed by atoms with van der Waals surface area (Å²) in [6.45, 7) is 6.56. The van der Waals surface area contributed by atoms with Crippen LogP contribution in [0.5, 0.6) is 0 Å². The summed E-state index contributed by atoms with van der Waals surface area (Å²) in [7, 11) is 0. The summed E-state index contributed by atoms with van der Waals surface area (Å²) in [4.78, 5) is 19.2. The zero-order valence-corrected chi connectivity index (χ0v) is 16.8. The first-order valence-electron chi connectivity index (χ1n) is 8.52.